The molecular formula is C85H62N4. The number of para-hydroxylation sites is 2. The number of anilines is 12. The molecule has 14 aromatic rings. The summed E-state index contributed by atoms with van der Waals surface area (Å²) in [4.78, 5) is 9.54. The molecule has 0 unspecified atom stereocenters. The fourth-order valence-electron chi connectivity index (χ4n) is 12.7. The van der Waals surface area contributed by atoms with Gasteiger partial charge in [-0.15, -0.1) is 0 Å². The molecule has 89 heavy (non-hydrogen) atoms. The predicted octanol–water partition coefficient (Wildman–Crippen LogP) is 23.8. The Morgan fingerprint density at radius 2 is 0.337 bits per heavy atom. The lowest BCUT2D eigenvalue weighted by Crippen LogP contribution is -2.13. The summed E-state index contributed by atoms with van der Waals surface area (Å²) in [5, 5.41) is 0. The third-order valence-electron chi connectivity index (χ3n) is 17.0. The van der Waals surface area contributed by atoms with Gasteiger partial charge in [-0.05, 0) is 219 Å². The van der Waals surface area contributed by atoms with Crippen LogP contribution >= 0.6 is 0 Å². The van der Waals surface area contributed by atoms with Crippen LogP contribution in [0, 0.1) is 0 Å². The predicted molar refractivity (Wildman–Crippen MR) is 375 cm³/mol. The number of hydrogen-bond donors (Lipinski definition) is 0. The first-order valence-corrected chi connectivity index (χ1v) is 30.5. The van der Waals surface area contributed by atoms with Crippen molar-refractivity contribution in [1.29, 1.82) is 0 Å². The summed E-state index contributed by atoms with van der Waals surface area (Å²) < 4.78 is 0. The van der Waals surface area contributed by atoms with Gasteiger partial charge in [0.25, 0.3) is 0 Å². The minimum absolute atomic E-state index is 0.813. The molecule has 0 amide bonds. The number of rotatable bonds is 16. The highest BCUT2D eigenvalue weighted by molar-refractivity contribution is 5.90. The van der Waals surface area contributed by atoms with Crippen molar-refractivity contribution in [3.05, 3.63) is 375 Å². The molecule has 0 bridgehead atoms. The minimum Gasteiger partial charge on any atom is -0.310 e. The second-order valence-electron chi connectivity index (χ2n) is 22.6. The monoisotopic (exact) mass is 1140 g/mol. The van der Waals surface area contributed by atoms with Crippen LogP contribution in [0.15, 0.2) is 364 Å². The highest BCUT2D eigenvalue weighted by atomic mass is 15.2. The Kier molecular flexibility index (Phi) is 14.8. The molecule has 0 saturated carbocycles. The average molecular weight is 1140 g/mol. The van der Waals surface area contributed by atoms with Crippen molar-refractivity contribution in [3.8, 4) is 55.6 Å². The van der Waals surface area contributed by atoms with Gasteiger partial charge in [0.1, 0.15) is 0 Å². The Morgan fingerprint density at radius 3 is 0.607 bits per heavy atom. The maximum absolute atomic E-state index is 2.42. The van der Waals surface area contributed by atoms with Gasteiger partial charge < -0.3 is 19.6 Å². The van der Waals surface area contributed by atoms with E-state index >= 15 is 0 Å². The van der Waals surface area contributed by atoms with E-state index in [4.69, 9.17) is 0 Å². The van der Waals surface area contributed by atoms with E-state index in [1.165, 1.54) is 44.5 Å². The van der Waals surface area contributed by atoms with Crippen LogP contribution in [0.5, 0.6) is 0 Å². The molecule has 0 aliphatic heterocycles. The average Bonchev–Trinajstić information content (AvgIpc) is 2.26. The normalized spacial score (nSPS) is 11.3. The molecule has 0 N–H and O–H groups in total. The van der Waals surface area contributed by atoms with Crippen molar-refractivity contribution in [2.45, 2.75) is 6.42 Å². The number of hydrogen-bond acceptors (Lipinski definition) is 4. The third-order valence-corrected chi connectivity index (χ3v) is 17.0. The standard InChI is InChI=1S/C85H62N4/c1-7-23-62(24-8-1)66-31-19-39-78(56-66)88(79-40-20-32-67(57-79)63-25-9-2-10-26-63)76-47-43-74(44-48-76)87(83-52-54-85-71(61-83)55-70-60-82(51-53-84(70)85)86(72-35-15-5-16-36-72)73-37-17-6-18-38-73)75-45-49-77(50-46-75)89(80-41-21-33-68(58-80)64-27-11-3-12-28-64)81-42-22-34-69(59-81)65-29-13-4-14-30-65/h1-54,56-61H,55H2. The zero-order valence-electron chi connectivity index (χ0n) is 49.1. The molecule has 0 spiro atoms. The Bertz CT molecular complexity index is 4310. The van der Waals surface area contributed by atoms with Crippen LogP contribution in [-0.4, -0.2) is 0 Å². The maximum atomic E-state index is 2.42. The Hall–Kier alpha value is -11.7. The maximum Gasteiger partial charge on any atom is 0.0467 e. The molecular weight excluding hydrogens is 1080 g/mol. The fraction of sp³-hybridized carbons (Fsp3) is 0.0118. The van der Waals surface area contributed by atoms with Crippen LogP contribution in [0.4, 0.5) is 68.2 Å². The summed E-state index contributed by atoms with van der Waals surface area (Å²) in [6.45, 7) is 0. The van der Waals surface area contributed by atoms with Crippen molar-refractivity contribution in [2.24, 2.45) is 0 Å². The number of fused-ring (bicyclic) bond motifs is 3. The summed E-state index contributed by atoms with van der Waals surface area (Å²) >= 11 is 0. The largest absolute Gasteiger partial charge is 0.310 e. The highest BCUT2D eigenvalue weighted by Crippen LogP contribution is 2.47. The SMILES string of the molecule is c1ccc(-c2cccc(N(c3ccc(N(c4ccc(N(c5cccc(-c6ccccc6)c5)c5cccc(-c6ccccc6)c5)cc4)c4ccc5c(c4)Cc4cc(N(c6ccccc6)c6ccccc6)ccc4-5)cc3)c3cccc(-c4ccccc4)c3)c2)cc1. The molecule has 1 aliphatic carbocycles. The van der Waals surface area contributed by atoms with Crippen LogP contribution in [0.3, 0.4) is 0 Å². The van der Waals surface area contributed by atoms with E-state index in [1.807, 2.05) is 0 Å². The van der Waals surface area contributed by atoms with Gasteiger partial charge in [0.15, 0.2) is 0 Å². The summed E-state index contributed by atoms with van der Waals surface area (Å²) in [5.74, 6) is 0. The Morgan fingerprint density at radius 1 is 0.146 bits per heavy atom. The molecule has 1 aliphatic rings. The molecule has 0 radical (unpaired) electrons. The highest BCUT2D eigenvalue weighted by Gasteiger charge is 2.25. The van der Waals surface area contributed by atoms with Gasteiger partial charge in [-0.3, -0.25) is 0 Å². The molecule has 15 rings (SSSR count). The minimum atomic E-state index is 0.813. The Balaban J connectivity index is 0.844. The lowest BCUT2D eigenvalue weighted by molar-refractivity contribution is 1.21. The van der Waals surface area contributed by atoms with Gasteiger partial charge in [-0.25, -0.2) is 0 Å². The third kappa shape index (κ3) is 11.2. The molecule has 0 heterocycles. The molecule has 0 saturated heterocycles. The van der Waals surface area contributed by atoms with E-state index in [0.29, 0.717) is 0 Å². The molecule has 14 aromatic carbocycles. The van der Waals surface area contributed by atoms with Crippen molar-refractivity contribution in [3.63, 3.8) is 0 Å². The molecule has 0 atom stereocenters. The zero-order valence-corrected chi connectivity index (χ0v) is 49.1. The van der Waals surface area contributed by atoms with Gasteiger partial charge in [0, 0.05) is 68.2 Å². The molecule has 4 nitrogen and oxygen atoms in total. The summed E-state index contributed by atoms with van der Waals surface area (Å²) in [5.41, 5.74) is 27.4. The van der Waals surface area contributed by atoms with E-state index in [-0.39, 0.29) is 0 Å². The summed E-state index contributed by atoms with van der Waals surface area (Å²) in [7, 11) is 0. The lowest BCUT2D eigenvalue weighted by Gasteiger charge is -2.30. The topological polar surface area (TPSA) is 13.0 Å². The summed E-state index contributed by atoms with van der Waals surface area (Å²) in [6.07, 6.45) is 0.813. The van der Waals surface area contributed by atoms with E-state index in [0.717, 1.165) is 96.9 Å². The van der Waals surface area contributed by atoms with Crippen LogP contribution in [-0.2, 0) is 6.42 Å². The van der Waals surface area contributed by atoms with E-state index in [1.54, 1.807) is 0 Å². The zero-order chi connectivity index (χ0) is 59.3. The van der Waals surface area contributed by atoms with E-state index < -0.39 is 0 Å². The van der Waals surface area contributed by atoms with E-state index in [9.17, 15) is 0 Å². The fourth-order valence-corrected chi connectivity index (χ4v) is 12.7. The van der Waals surface area contributed by atoms with Gasteiger partial charge in [0.05, 0.1) is 0 Å². The van der Waals surface area contributed by atoms with Crippen molar-refractivity contribution in [2.75, 3.05) is 19.6 Å². The second-order valence-corrected chi connectivity index (χ2v) is 22.6. The van der Waals surface area contributed by atoms with Gasteiger partial charge >= 0.3 is 0 Å². The van der Waals surface area contributed by atoms with Crippen molar-refractivity contribution in [1.82, 2.24) is 0 Å². The van der Waals surface area contributed by atoms with Crippen LogP contribution in [0.1, 0.15) is 11.1 Å². The smallest absolute Gasteiger partial charge is 0.0467 e. The van der Waals surface area contributed by atoms with Crippen LogP contribution in [0.2, 0.25) is 0 Å². The first-order chi connectivity index (χ1) is 44.1. The first-order valence-electron chi connectivity index (χ1n) is 30.5. The molecule has 422 valence electrons. The van der Waals surface area contributed by atoms with Crippen molar-refractivity contribution >= 4 is 68.2 Å². The quantitative estimate of drug-likeness (QED) is 0.0956. The van der Waals surface area contributed by atoms with Gasteiger partial charge in [-0.2, -0.15) is 0 Å². The van der Waals surface area contributed by atoms with Crippen LogP contribution in [0.25, 0.3) is 55.6 Å². The van der Waals surface area contributed by atoms with E-state index in [2.05, 4.69) is 384 Å². The van der Waals surface area contributed by atoms with Crippen molar-refractivity contribution < 1.29 is 0 Å². The van der Waals surface area contributed by atoms with Gasteiger partial charge in [0.2, 0.25) is 0 Å². The molecule has 0 aromatic heterocycles. The molecule has 4 heteroatoms. The van der Waals surface area contributed by atoms with Crippen LogP contribution < -0.4 is 19.6 Å². The Labute approximate surface area is 522 Å². The lowest BCUT2D eigenvalue weighted by atomic mass is 10.0. The van der Waals surface area contributed by atoms with Gasteiger partial charge in [-0.1, -0.05) is 218 Å². The second kappa shape index (κ2) is 24.3. The summed E-state index contributed by atoms with van der Waals surface area (Å²) in [6, 6.07) is 132. The number of nitrogens with zero attached hydrogens (tertiary/aromatic N) is 4. The molecule has 0 fully saturated rings. The first kappa shape index (κ1) is 54.0. The number of benzene rings is 14.